The number of fused-ring (bicyclic) bond motifs is 3. The minimum atomic E-state index is -0.615. The smallest absolute Gasteiger partial charge is 0.359 e. The number of hydrogen-bond donors (Lipinski definition) is 0. The molecule has 0 atom stereocenters. The second-order valence-corrected chi connectivity index (χ2v) is 7.62. The van der Waals surface area contributed by atoms with Gasteiger partial charge < -0.3 is 9.64 Å². The van der Waals surface area contributed by atoms with Crippen molar-refractivity contribution in [2.45, 2.75) is 39.8 Å². The molecule has 3 rings (SSSR count). The van der Waals surface area contributed by atoms with Gasteiger partial charge in [0.25, 0.3) is 0 Å². The van der Waals surface area contributed by atoms with Crippen molar-refractivity contribution >= 4 is 17.7 Å². The highest BCUT2D eigenvalue weighted by molar-refractivity contribution is 5.97. The van der Waals surface area contributed by atoms with Crippen molar-refractivity contribution in [3.63, 3.8) is 0 Å². The molecular weight excluding hydrogens is 332 g/mol. The Morgan fingerprint density at radius 2 is 1.92 bits per heavy atom. The van der Waals surface area contributed by atoms with E-state index in [1.807, 2.05) is 50.5 Å². The number of benzene rings is 1. The number of esters is 1. The van der Waals surface area contributed by atoms with Gasteiger partial charge in [0.15, 0.2) is 5.69 Å². The van der Waals surface area contributed by atoms with Crippen LogP contribution in [0.15, 0.2) is 24.5 Å². The molecule has 0 fully saturated rings. The van der Waals surface area contributed by atoms with Gasteiger partial charge in [-0.05, 0) is 39.3 Å². The third-order valence-corrected chi connectivity index (χ3v) is 4.13. The molecule has 0 radical (unpaired) electrons. The van der Waals surface area contributed by atoms with Gasteiger partial charge in [-0.1, -0.05) is 12.1 Å². The lowest BCUT2D eigenvalue weighted by molar-refractivity contribution is 0.00619. The quantitative estimate of drug-likeness (QED) is 0.736. The largest absolute Gasteiger partial charge is 0.455 e. The first-order valence-electron chi connectivity index (χ1n) is 8.48. The van der Waals surface area contributed by atoms with Crippen molar-refractivity contribution in [1.29, 1.82) is 0 Å². The molecule has 2 heterocycles. The number of carbonyl (C=O) groups is 2. The molecule has 0 N–H and O–H groups in total. The Morgan fingerprint density at radius 3 is 2.54 bits per heavy atom. The van der Waals surface area contributed by atoms with E-state index in [1.54, 1.807) is 25.3 Å². The molecule has 138 valence electrons. The van der Waals surface area contributed by atoms with E-state index in [0.29, 0.717) is 5.69 Å². The molecule has 2 aromatic rings. The summed E-state index contributed by atoms with van der Waals surface area (Å²) in [4.78, 5) is 32.8. The van der Waals surface area contributed by atoms with Crippen LogP contribution in [0.5, 0.6) is 0 Å². The van der Waals surface area contributed by atoms with Crippen molar-refractivity contribution in [3.8, 4) is 5.69 Å². The first-order valence-corrected chi connectivity index (χ1v) is 8.48. The molecule has 0 spiro atoms. The SMILES string of the molecule is Cc1cccc2c1N(C(=O)N(C)C)Cc1c(C(=O)OC(C)(C)C)ncn1-2. The summed E-state index contributed by atoms with van der Waals surface area (Å²) >= 11 is 0. The molecule has 1 aliphatic heterocycles. The minimum absolute atomic E-state index is 0.150. The number of anilines is 1. The van der Waals surface area contributed by atoms with Crippen LogP contribution in [0.4, 0.5) is 10.5 Å². The van der Waals surface area contributed by atoms with E-state index in [9.17, 15) is 9.59 Å². The number of para-hydroxylation sites is 1. The van der Waals surface area contributed by atoms with E-state index in [0.717, 1.165) is 16.9 Å². The second-order valence-electron chi connectivity index (χ2n) is 7.62. The Balaban J connectivity index is 2.13. The molecule has 7 heteroatoms. The molecule has 2 amide bonds. The number of hydrogen-bond acceptors (Lipinski definition) is 4. The molecule has 0 saturated carbocycles. The number of aromatic nitrogens is 2. The summed E-state index contributed by atoms with van der Waals surface area (Å²) in [6, 6.07) is 5.66. The number of carbonyl (C=O) groups excluding carboxylic acids is 2. The van der Waals surface area contributed by atoms with Gasteiger partial charge in [-0.3, -0.25) is 9.47 Å². The van der Waals surface area contributed by atoms with E-state index in [2.05, 4.69) is 4.98 Å². The fraction of sp³-hybridized carbons (Fsp3) is 0.421. The van der Waals surface area contributed by atoms with Crippen molar-refractivity contribution in [1.82, 2.24) is 14.5 Å². The monoisotopic (exact) mass is 356 g/mol. The molecule has 0 aliphatic carbocycles. The van der Waals surface area contributed by atoms with Crippen LogP contribution in [0.3, 0.4) is 0 Å². The van der Waals surface area contributed by atoms with E-state index in [1.165, 1.54) is 4.90 Å². The van der Waals surface area contributed by atoms with Gasteiger partial charge in [0.1, 0.15) is 11.9 Å². The second kappa shape index (κ2) is 6.16. The van der Waals surface area contributed by atoms with Crippen LogP contribution in [-0.2, 0) is 11.3 Å². The van der Waals surface area contributed by atoms with Gasteiger partial charge in [-0.15, -0.1) is 0 Å². The summed E-state index contributed by atoms with van der Waals surface area (Å²) in [5, 5.41) is 0. The molecule has 26 heavy (non-hydrogen) atoms. The number of amides is 2. The lowest BCUT2D eigenvalue weighted by Gasteiger charge is -2.34. The fourth-order valence-electron chi connectivity index (χ4n) is 3.05. The third kappa shape index (κ3) is 3.05. The first kappa shape index (κ1) is 18.0. The molecule has 0 bridgehead atoms. The average molecular weight is 356 g/mol. The summed E-state index contributed by atoms with van der Waals surface area (Å²) in [5.74, 6) is -0.486. The fourth-order valence-corrected chi connectivity index (χ4v) is 3.05. The number of imidazole rings is 1. The molecule has 1 aromatic heterocycles. The molecule has 7 nitrogen and oxygen atoms in total. The lowest BCUT2D eigenvalue weighted by Crippen LogP contribution is -2.42. The topological polar surface area (TPSA) is 67.7 Å². The highest BCUT2D eigenvalue weighted by Crippen LogP contribution is 2.36. The van der Waals surface area contributed by atoms with Crippen LogP contribution in [0.1, 0.15) is 42.5 Å². The van der Waals surface area contributed by atoms with Crippen molar-refractivity contribution in [2.24, 2.45) is 0 Å². The van der Waals surface area contributed by atoms with Crippen molar-refractivity contribution in [3.05, 3.63) is 41.5 Å². The number of ether oxygens (including phenoxy) is 1. The van der Waals surface area contributed by atoms with Crippen LogP contribution in [-0.4, -0.2) is 46.1 Å². The number of aryl methyl sites for hydroxylation is 1. The van der Waals surface area contributed by atoms with E-state index < -0.39 is 11.6 Å². The zero-order valence-electron chi connectivity index (χ0n) is 16.0. The third-order valence-electron chi connectivity index (χ3n) is 4.13. The van der Waals surface area contributed by atoms with Crippen LogP contribution in [0.25, 0.3) is 5.69 Å². The molecular formula is C19H24N4O3. The van der Waals surface area contributed by atoms with Crippen LogP contribution in [0, 0.1) is 6.92 Å². The molecule has 0 unspecified atom stereocenters. The van der Waals surface area contributed by atoms with E-state index in [4.69, 9.17) is 4.74 Å². The Hall–Kier alpha value is -2.83. The van der Waals surface area contributed by atoms with E-state index in [-0.39, 0.29) is 18.3 Å². The highest BCUT2D eigenvalue weighted by atomic mass is 16.6. The number of urea groups is 1. The maximum atomic E-state index is 12.8. The zero-order chi connectivity index (χ0) is 19.2. The summed E-state index contributed by atoms with van der Waals surface area (Å²) < 4.78 is 7.34. The molecule has 1 aromatic carbocycles. The van der Waals surface area contributed by atoms with Crippen molar-refractivity contribution < 1.29 is 14.3 Å². The van der Waals surface area contributed by atoms with Gasteiger partial charge in [-0.2, -0.15) is 0 Å². The van der Waals surface area contributed by atoms with Gasteiger partial charge in [0.2, 0.25) is 0 Å². The van der Waals surface area contributed by atoms with Gasteiger partial charge in [0, 0.05) is 14.1 Å². The Labute approximate surface area is 153 Å². The van der Waals surface area contributed by atoms with Crippen LogP contribution in [0.2, 0.25) is 0 Å². The maximum Gasteiger partial charge on any atom is 0.359 e. The Bertz CT molecular complexity index is 877. The number of nitrogens with zero attached hydrogens (tertiary/aromatic N) is 4. The van der Waals surface area contributed by atoms with Gasteiger partial charge in [-0.25, -0.2) is 14.6 Å². The molecule has 0 saturated heterocycles. The normalized spacial score (nSPS) is 13.1. The van der Waals surface area contributed by atoms with Gasteiger partial charge in [0.05, 0.1) is 23.6 Å². The predicted octanol–water partition coefficient (Wildman–Crippen LogP) is 3.14. The lowest BCUT2D eigenvalue weighted by atomic mass is 10.1. The Kier molecular flexibility index (Phi) is 4.26. The van der Waals surface area contributed by atoms with Crippen LogP contribution >= 0.6 is 0 Å². The van der Waals surface area contributed by atoms with Crippen molar-refractivity contribution in [2.75, 3.05) is 19.0 Å². The maximum absolute atomic E-state index is 12.8. The first-order chi connectivity index (χ1) is 12.1. The highest BCUT2D eigenvalue weighted by Gasteiger charge is 2.33. The Morgan fingerprint density at radius 1 is 1.23 bits per heavy atom. The van der Waals surface area contributed by atoms with Gasteiger partial charge >= 0.3 is 12.0 Å². The standard InChI is InChI=1S/C19H24N4O3/c1-12-8-7-9-13-16(12)22(18(25)21(5)6)10-14-15(20-11-23(13)14)17(24)26-19(2,3)4/h7-9,11H,10H2,1-6H3. The minimum Gasteiger partial charge on any atom is -0.455 e. The summed E-state index contributed by atoms with van der Waals surface area (Å²) in [7, 11) is 3.42. The molecule has 1 aliphatic rings. The van der Waals surface area contributed by atoms with Crippen LogP contribution < -0.4 is 4.90 Å². The number of rotatable bonds is 1. The summed E-state index contributed by atoms with van der Waals surface area (Å²) in [5.41, 5.74) is 2.90. The summed E-state index contributed by atoms with van der Waals surface area (Å²) in [6.07, 6.45) is 1.62. The van der Waals surface area contributed by atoms with E-state index >= 15 is 0 Å². The predicted molar refractivity (Wildman–Crippen MR) is 98.7 cm³/mol. The average Bonchev–Trinajstić information content (AvgIpc) is 2.96. The zero-order valence-corrected chi connectivity index (χ0v) is 16.0. The summed E-state index contributed by atoms with van der Waals surface area (Å²) in [6.45, 7) is 7.66.